The monoisotopic (exact) mass is 224 g/mol. The maximum atomic E-state index is 2.29. The van der Waals surface area contributed by atoms with Crippen molar-refractivity contribution in [3.63, 3.8) is 0 Å². The van der Waals surface area contributed by atoms with Crippen LogP contribution in [0.25, 0.3) is 0 Å². The van der Waals surface area contributed by atoms with Crippen molar-refractivity contribution in [2.45, 2.75) is 90.9 Å². The molecule has 0 aliphatic carbocycles. The summed E-state index contributed by atoms with van der Waals surface area (Å²) < 4.78 is 0. The Hall–Kier alpha value is -0.260. The van der Waals surface area contributed by atoms with Gasteiger partial charge in [0.1, 0.15) is 0 Å². The zero-order chi connectivity index (χ0) is 11.9. The lowest BCUT2D eigenvalue weighted by molar-refractivity contribution is 0.550. The van der Waals surface area contributed by atoms with Gasteiger partial charge in [-0.2, -0.15) is 0 Å². The minimum Gasteiger partial charge on any atom is -0.0917 e. The molecule has 0 saturated heterocycles. The third-order valence-corrected chi connectivity index (χ3v) is 3.21. The van der Waals surface area contributed by atoms with Crippen LogP contribution in [0.4, 0.5) is 0 Å². The highest BCUT2D eigenvalue weighted by molar-refractivity contribution is 4.76. The van der Waals surface area contributed by atoms with Crippen LogP contribution in [0.15, 0.2) is 12.2 Å². The molecule has 0 atom stereocenters. The molecule has 96 valence electrons. The van der Waals surface area contributed by atoms with Gasteiger partial charge in [-0.25, -0.2) is 0 Å². The van der Waals surface area contributed by atoms with Crippen molar-refractivity contribution < 1.29 is 0 Å². The minimum absolute atomic E-state index is 1.29. The fraction of sp³-hybridized carbons (Fsp3) is 0.875. The van der Waals surface area contributed by atoms with Gasteiger partial charge in [-0.05, 0) is 19.8 Å². The standard InChI is InChI=1S/C16H32/c1-3-5-7-9-11-13-15-16-14-12-10-8-6-4-2/h3,5H,4,6-16H2,1-2H3. The summed E-state index contributed by atoms with van der Waals surface area (Å²) in [7, 11) is 0. The van der Waals surface area contributed by atoms with Crippen molar-refractivity contribution in [3.05, 3.63) is 12.2 Å². The first kappa shape index (κ1) is 15.7. The van der Waals surface area contributed by atoms with Gasteiger partial charge >= 0.3 is 0 Å². The molecule has 0 rings (SSSR count). The zero-order valence-corrected chi connectivity index (χ0v) is 11.6. The van der Waals surface area contributed by atoms with Gasteiger partial charge in [0.25, 0.3) is 0 Å². The molecule has 0 heterocycles. The van der Waals surface area contributed by atoms with E-state index >= 15 is 0 Å². The highest BCUT2D eigenvalue weighted by Crippen LogP contribution is 2.11. The fourth-order valence-electron chi connectivity index (χ4n) is 2.09. The summed E-state index contributed by atoms with van der Waals surface area (Å²) in [6, 6.07) is 0. The van der Waals surface area contributed by atoms with Crippen LogP contribution in [0.3, 0.4) is 0 Å². The minimum atomic E-state index is 1.29. The summed E-state index contributed by atoms with van der Waals surface area (Å²) >= 11 is 0. The molecule has 0 nitrogen and oxygen atoms in total. The Morgan fingerprint density at radius 3 is 1.50 bits per heavy atom. The maximum absolute atomic E-state index is 2.29. The normalized spacial score (nSPS) is 11.4. The summed E-state index contributed by atoms with van der Waals surface area (Å²) in [5, 5.41) is 0. The van der Waals surface area contributed by atoms with E-state index in [-0.39, 0.29) is 0 Å². The third kappa shape index (κ3) is 13.7. The van der Waals surface area contributed by atoms with Crippen LogP contribution in [0.2, 0.25) is 0 Å². The van der Waals surface area contributed by atoms with E-state index in [1.807, 2.05) is 0 Å². The van der Waals surface area contributed by atoms with Gasteiger partial charge in [0, 0.05) is 0 Å². The van der Waals surface area contributed by atoms with Gasteiger partial charge in [-0.15, -0.1) is 0 Å². The van der Waals surface area contributed by atoms with Crippen molar-refractivity contribution >= 4 is 0 Å². The second-order valence-corrected chi connectivity index (χ2v) is 4.89. The molecule has 0 saturated carbocycles. The maximum Gasteiger partial charge on any atom is -0.0351 e. The molecule has 0 spiro atoms. The fourth-order valence-corrected chi connectivity index (χ4v) is 2.09. The van der Waals surface area contributed by atoms with Gasteiger partial charge in [0.2, 0.25) is 0 Å². The number of hydrogen-bond acceptors (Lipinski definition) is 0. The quantitative estimate of drug-likeness (QED) is 0.271. The summed E-state index contributed by atoms with van der Waals surface area (Å²) in [5.41, 5.74) is 0. The average Bonchev–Trinajstić information content (AvgIpc) is 2.31. The highest BCUT2D eigenvalue weighted by Gasteiger charge is 1.92. The van der Waals surface area contributed by atoms with Crippen LogP contribution in [0.1, 0.15) is 90.9 Å². The van der Waals surface area contributed by atoms with Gasteiger partial charge < -0.3 is 0 Å². The van der Waals surface area contributed by atoms with Gasteiger partial charge in [0.15, 0.2) is 0 Å². The van der Waals surface area contributed by atoms with Crippen LogP contribution in [0.5, 0.6) is 0 Å². The second kappa shape index (κ2) is 14.7. The Morgan fingerprint density at radius 2 is 1.06 bits per heavy atom. The molecule has 0 heteroatoms. The van der Waals surface area contributed by atoms with Crippen LogP contribution in [-0.4, -0.2) is 0 Å². The molecule has 0 radical (unpaired) electrons. The van der Waals surface area contributed by atoms with E-state index < -0.39 is 0 Å². The smallest absolute Gasteiger partial charge is 0.0351 e. The Morgan fingerprint density at radius 1 is 0.625 bits per heavy atom. The molecule has 0 fully saturated rings. The zero-order valence-electron chi connectivity index (χ0n) is 11.6. The Bertz CT molecular complexity index is 135. The first-order valence-corrected chi connectivity index (χ1v) is 7.53. The average molecular weight is 224 g/mol. The topological polar surface area (TPSA) is 0 Å². The largest absolute Gasteiger partial charge is 0.0917 e. The Labute approximate surface area is 104 Å². The van der Waals surface area contributed by atoms with E-state index in [2.05, 4.69) is 26.0 Å². The number of allylic oxidation sites excluding steroid dienone is 2. The van der Waals surface area contributed by atoms with E-state index in [4.69, 9.17) is 0 Å². The van der Waals surface area contributed by atoms with E-state index in [1.165, 1.54) is 77.0 Å². The molecule has 0 aliphatic rings. The molecule has 0 unspecified atom stereocenters. The van der Waals surface area contributed by atoms with Gasteiger partial charge in [0.05, 0.1) is 0 Å². The van der Waals surface area contributed by atoms with E-state index in [1.54, 1.807) is 0 Å². The van der Waals surface area contributed by atoms with Crippen LogP contribution >= 0.6 is 0 Å². The number of rotatable bonds is 12. The molecule has 0 aromatic heterocycles. The highest BCUT2D eigenvalue weighted by atomic mass is 14.0. The van der Waals surface area contributed by atoms with Crippen LogP contribution in [-0.2, 0) is 0 Å². The van der Waals surface area contributed by atoms with Crippen molar-refractivity contribution in [2.24, 2.45) is 0 Å². The molecule has 16 heavy (non-hydrogen) atoms. The van der Waals surface area contributed by atoms with Gasteiger partial charge in [-0.1, -0.05) is 83.3 Å². The molecular weight excluding hydrogens is 192 g/mol. The molecule has 0 aromatic rings. The third-order valence-electron chi connectivity index (χ3n) is 3.21. The van der Waals surface area contributed by atoms with Gasteiger partial charge in [-0.3, -0.25) is 0 Å². The van der Waals surface area contributed by atoms with E-state index in [0.717, 1.165) is 0 Å². The van der Waals surface area contributed by atoms with Crippen LogP contribution in [0, 0.1) is 0 Å². The van der Waals surface area contributed by atoms with Crippen molar-refractivity contribution in [1.29, 1.82) is 0 Å². The second-order valence-electron chi connectivity index (χ2n) is 4.89. The Kier molecular flexibility index (Phi) is 14.5. The molecule has 0 aliphatic heterocycles. The predicted molar refractivity (Wildman–Crippen MR) is 75.9 cm³/mol. The first-order chi connectivity index (χ1) is 7.91. The molecular formula is C16H32. The van der Waals surface area contributed by atoms with Crippen LogP contribution < -0.4 is 0 Å². The van der Waals surface area contributed by atoms with E-state index in [0.29, 0.717) is 0 Å². The van der Waals surface area contributed by atoms with Crippen molar-refractivity contribution in [1.82, 2.24) is 0 Å². The Balaban J connectivity index is 2.88. The lowest BCUT2D eigenvalue weighted by Gasteiger charge is -2.01. The number of hydrogen-bond donors (Lipinski definition) is 0. The van der Waals surface area contributed by atoms with Crippen molar-refractivity contribution in [2.75, 3.05) is 0 Å². The SMILES string of the molecule is CC=CCCCCCCCCCCCCC. The number of unbranched alkanes of at least 4 members (excludes halogenated alkanes) is 11. The first-order valence-electron chi connectivity index (χ1n) is 7.53. The molecule has 0 amide bonds. The predicted octanol–water partition coefficient (Wildman–Crippen LogP) is 6.26. The molecule has 0 N–H and O–H groups in total. The summed E-state index contributed by atoms with van der Waals surface area (Å²) in [6.07, 6.45) is 21.6. The lowest BCUT2D eigenvalue weighted by atomic mass is 10.1. The summed E-state index contributed by atoms with van der Waals surface area (Å²) in [5.74, 6) is 0. The van der Waals surface area contributed by atoms with E-state index in [9.17, 15) is 0 Å². The molecule has 0 bridgehead atoms. The summed E-state index contributed by atoms with van der Waals surface area (Å²) in [6.45, 7) is 4.40. The molecule has 0 aromatic carbocycles. The summed E-state index contributed by atoms with van der Waals surface area (Å²) in [4.78, 5) is 0. The lowest BCUT2D eigenvalue weighted by Crippen LogP contribution is -1.81. The van der Waals surface area contributed by atoms with Crippen molar-refractivity contribution in [3.8, 4) is 0 Å².